The van der Waals surface area contributed by atoms with Crippen LogP contribution in [0.1, 0.15) is 83.8 Å². The highest BCUT2D eigenvalue weighted by atomic mass is 79.9. The molecule has 3 aliphatic heterocycles. The number of rotatable bonds is 6. The summed E-state index contributed by atoms with van der Waals surface area (Å²) >= 11 is 3.83. The standard InChI is InChI=1S/C32H45BrF3N5O3/c1-7-20(2)24-25(33)21(3)16-23-26(24)37-28(43-22-8-12-39(13-9-22)19-32(34,35)36)38-27(23)40-14-10-31(11-15-40)17-41(18-31)29(42)44-30(4,5)6/h16,20,22H,7-15,17-19H2,1-6H3. The van der Waals surface area contributed by atoms with Gasteiger partial charge in [-0.15, -0.1) is 0 Å². The van der Waals surface area contributed by atoms with E-state index < -0.39 is 18.3 Å². The third-order valence-electron chi connectivity index (χ3n) is 9.25. The number of carbonyl (C=O) groups is 1. The highest BCUT2D eigenvalue weighted by Gasteiger charge is 2.48. The number of anilines is 1. The lowest BCUT2D eigenvalue weighted by molar-refractivity contribution is -0.149. The Bertz CT molecular complexity index is 1360. The molecule has 0 bridgehead atoms. The predicted molar refractivity (Wildman–Crippen MR) is 169 cm³/mol. The summed E-state index contributed by atoms with van der Waals surface area (Å²) in [6.45, 7) is 14.8. The number of benzene rings is 1. The summed E-state index contributed by atoms with van der Waals surface area (Å²) in [7, 11) is 0. The first-order chi connectivity index (χ1) is 20.6. The van der Waals surface area contributed by atoms with E-state index in [-0.39, 0.29) is 29.5 Å². The van der Waals surface area contributed by atoms with Gasteiger partial charge < -0.3 is 19.3 Å². The molecule has 0 aliphatic carbocycles. The molecule has 3 fully saturated rings. The first kappa shape index (κ1) is 33.0. The molecule has 44 heavy (non-hydrogen) atoms. The number of halogens is 4. The van der Waals surface area contributed by atoms with Crippen molar-refractivity contribution < 1.29 is 27.4 Å². The minimum atomic E-state index is -4.21. The van der Waals surface area contributed by atoms with Gasteiger partial charge in [0.25, 0.3) is 0 Å². The van der Waals surface area contributed by atoms with Gasteiger partial charge in [0.1, 0.15) is 17.5 Å². The van der Waals surface area contributed by atoms with E-state index in [1.54, 1.807) is 4.90 Å². The SMILES string of the molecule is CCC(C)c1c(Br)c(C)cc2c(N3CCC4(CC3)CN(C(=O)OC(C)(C)C)C4)nc(OC3CCN(CC(F)(F)F)CC3)nc12. The summed E-state index contributed by atoms with van der Waals surface area (Å²) in [5.74, 6) is 1.07. The van der Waals surface area contributed by atoms with E-state index in [4.69, 9.17) is 19.4 Å². The third-order valence-corrected chi connectivity index (χ3v) is 10.3. The third kappa shape index (κ3) is 7.37. The van der Waals surface area contributed by atoms with Crippen molar-refractivity contribution in [2.45, 2.75) is 97.4 Å². The van der Waals surface area contributed by atoms with Gasteiger partial charge in [-0.05, 0) is 82.9 Å². The van der Waals surface area contributed by atoms with Crippen LogP contribution < -0.4 is 9.64 Å². The van der Waals surface area contributed by atoms with Crippen molar-refractivity contribution in [3.8, 4) is 6.01 Å². The Balaban J connectivity index is 1.38. The van der Waals surface area contributed by atoms with Crippen molar-refractivity contribution in [1.29, 1.82) is 0 Å². The van der Waals surface area contributed by atoms with Crippen molar-refractivity contribution >= 4 is 38.7 Å². The van der Waals surface area contributed by atoms with E-state index in [2.05, 4.69) is 47.7 Å². The number of piperidine rings is 2. The number of likely N-dealkylation sites (tertiary alicyclic amines) is 2. The Morgan fingerprint density at radius 1 is 1.11 bits per heavy atom. The number of aromatic nitrogens is 2. The van der Waals surface area contributed by atoms with Crippen molar-refractivity contribution in [1.82, 2.24) is 19.8 Å². The summed E-state index contributed by atoms with van der Waals surface area (Å²) in [5, 5.41) is 0.980. The maximum Gasteiger partial charge on any atom is 0.410 e. The minimum absolute atomic E-state index is 0.0841. The maximum atomic E-state index is 12.9. The number of carbonyl (C=O) groups excluding carboxylic acids is 1. The molecule has 1 atom stereocenters. The van der Waals surface area contributed by atoms with Gasteiger partial charge >= 0.3 is 18.3 Å². The van der Waals surface area contributed by atoms with Gasteiger partial charge in [0.2, 0.25) is 0 Å². The van der Waals surface area contributed by atoms with Gasteiger partial charge in [-0.3, -0.25) is 4.90 Å². The fourth-order valence-corrected chi connectivity index (χ4v) is 7.33. The summed E-state index contributed by atoms with van der Waals surface area (Å²) in [6, 6.07) is 2.42. The van der Waals surface area contributed by atoms with E-state index >= 15 is 0 Å². The van der Waals surface area contributed by atoms with Crippen LogP contribution in [0.15, 0.2) is 10.5 Å². The van der Waals surface area contributed by atoms with E-state index in [0.29, 0.717) is 39.0 Å². The normalized spacial score (nSPS) is 20.6. The molecule has 0 N–H and O–H groups in total. The lowest BCUT2D eigenvalue weighted by Crippen LogP contribution is -2.62. The number of alkyl halides is 3. The number of amides is 1. The van der Waals surface area contributed by atoms with Gasteiger partial charge in [0.05, 0.1) is 12.1 Å². The van der Waals surface area contributed by atoms with Crippen LogP contribution in [-0.4, -0.2) is 89.6 Å². The minimum Gasteiger partial charge on any atom is -0.460 e. The Morgan fingerprint density at radius 2 is 1.75 bits per heavy atom. The van der Waals surface area contributed by atoms with Gasteiger partial charge in [0, 0.05) is 54.5 Å². The Kier molecular flexibility index (Phi) is 9.35. The largest absolute Gasteiger partial charge is 0.460 e. The Hall–Kier alpha value is -2.34. The molecule has 0 radical (unpaired) electrons. The Morgan fingerprint density at radius 3 is 2.32 bits per heavy atom. The lowest BCUT2D eigenvalue weighted by atomic mass is 9.72. The molecule has 244 valence electrons. The molecule has 1 aromatic carbocycles. The van der Waals surface area contributed by atoms with Crippen LogP contribution >= 0.6 is 15.9 Å². The highest BCUT2D eigenvalue weighted by molar-refractivity contribution is 9.10. The number of fused-ring (bicyclic) bond motifs is 1. The van der Waals surface area contributed by atoms with Gasteiger partial charge in [-0.25, -0.2) is 4.79 Å². The summed E-state index contributed by atoms with van der Waals surface area (Å²) in [6.07, 6.45) is -0.931. The van der Waals surface area contributed by atoms with Gasteiger partial charge in [0.15, 0.2) is 0 Å². The van der Waals surface area contributed by atoms with E-state index in [1.807, 2.05) is 20.8 Å². The van der Waals surface area contributed by atoms with E-state index in [1.165, 1.54) is 4.90 Å². The number of ether oxygens (including phenoxy) is 2. The van der Waals surface area contributed by atoms with Crippen LogP contribution in [0, 0.1) is 12.3 Å². The molecule has 1 aromatic heterocycles. The zero-order valence-corrected chi connectivity index (χ0v) is 28.3. The van der Waals surface area contributed by atoms with Gasteiger partial charge in [-0.2, -0.15) is 23.1 Å². The average Bonchev–Trinajstić information content (AvgIpc) is 2.91. The topological polar surface area (TPSA) is 71.0 Å². The molecule has 3 saturated heterocycles. The molecule has 3 aliphatic rings. The molecule has 0 saturated carbocycles. The average molecular weight is 685 g/mol. The highest BCUT2D eigenvalue weighted by Crippen LogP contribution is 2.44. The van der Waals surface area contributed by atoms with Crippen LogP contribution in [0.3, 0.4) is 0 Å². The zero-order chi connectivity index (χ0) is 32.0. The number of hydrogen-bond donors (Lipinski definition) is 0. The smallest absolute Gasteiger partial charge is 0.410 e. The second-order valence-corrected chi connectivity index (χ2v) is 14.8. The molecular weight excluding hydrogens is 639 g/mol. The fourth-order valence-electron chi connectivity index (χ4n) is 6.64. The second kappa shape index (κ2) is 12.5. The van der Waals surface area contributed by atoms with Crippen molar-refractivity contribution in [3.63, 3.8) is 0 Å². The molecule has 4 heterocycles. The van der Waals surface area contributed by atoms with Crippen molar-refractivity contribution in [2.24, 2.45) is 5.41 Å². The van der Waals surface area contributed by atoms with Crippen LogP contribution in [0.4, 0.5) is 23.8 Å². The molecule has 1 amide bonds. The fraction of sp³-hybridized carbons (Fsp3) is 0.719. The van der Waals surface area contributed by atoms with Gasteiger partial charge in [-0.1, -0.05) is 29.8 Å². The maximum absolute atomic E-state index is 12.9. The number of aryl methyl sites for hydroxylation is 1. The molecule has 12 heteroatoms. The molecule has 2 aromatic rings. The first-order valence-electron chi connectivity index (χ1n) is 15.8. The van der Waals surface area contributed by atoms with Crippen LogP contribution in [0.5, 0.6) is 6.01 Å². The number of nitrogens with zero attached hydrogens (tertiary/aromatic N) is 5. The van der Waals surface area contributed by atoms with E-state index in [9.17, 15) is 18.0 Å². The first-order valence-corrected chi connectivity index (χ1v) is 16.5. The van der Waals surface area contributed by atoms with Crippen LogP contribution in [-0.2, 0) is 4.74 Å². The van der Waals surface area contributed by atoms with Crippen LogP contribution in [0.25, 0.3) is 10.9 Å². The summed E-state index contributed by atoms with van der Waals surface area (Å²) in [5.41, 5.74) is 2.66. The lowest BCUT2D eigenvalue weighted by Gasteiger charge is -2.53. The van der Waals surface area contributed by atoms with E-state index in [0.717, 1.165) is 64.7 Å². The summed E-state index contributed by atoms with van der Waals surface area (Å²) < 4.78 is 51.7. The van der Waals surface area contributed by atoms with Crippen LogP contribution in [0.2, 0.25) is 0 Å². The second-order valence-electron chi connectivity index (χ2n) is 14.0. The summed E-state index contributed by atoms with van der Waals surface area (Å²) in [4.78, 5) is 28.0. The molecule has 1 unspecified atom stereocenters. The van der Waals surface area contributed by atoms with Crippen molar-refractivity contribution in [3.05, 3.63) is 21.7 Å². The quantitative estimate of drug-likeness (QED) is 0.313. The molecule has 1 spiro atoms. The molecule has 8 nitrogen and oxygen atoms in total. The zero-order valence-electron chi connectivity index (χ0n) is 26.7. The Labute approximate surface area is 266 Å². The predicted octanol–water partition coefficient (Wildman–Crippen LogP) is 7.46. The molecule has 5 rings (SSSR count). The number of hydrogen-bond acceptors (Lipinski definition) is 7. The monoisotopic (exact) mass is 683 g/mol. The molecular formula is C32H45BrF3N5O3. The van der Waals surface area contributed by atoms with Crippen molar-refractivity contribution in [2.75, 3.05) is 50.7 Å².